The zero-order chi connectivity index (χ0) is 25.5. The average molecular weight is 481 g/mol. The van der Waals surface area contributed by atoms with Crippen molar-refractivity contribution in [1.29, 1.82) is 0 Å². The number of fused-ring (bicyclic) bond motifs is 5. The summed E-state index contributed by atoms with van der Waals surface area (Å²) in [5.74, 6) is -0.948. The van der Waals surface area contributed by atoms with Crippen LogP contribution in [0.5, 0.6) is 0 Å². The Balaban J connectivity index is 1.66. The van der Waals surface area contributed by atoms with Gasteiger partial charge < -0.3 is 30.6 Å². The van der Waals surface area contributed by atoms with Crippen LogP contribution >= 0.6 is 0 Å². The van der Waals surface area contributed by atoms with Gasteiger partial charge in [0.15, 0.2) is 5.78 Å². The molecule has 0 heterocycles. The zero-order valence-corrected chi connectivity index (χ0v) is 21.3. The predicted molar refractivity (Wildman–Crippen MR) is 127 cm³/mol. The molecule has 0 saturated heterocycles. The second kappa shape index (κ2) is 8.09. The second-order valence-corrected chi connectivity index (χ2v) is 13.2. The fourth-order valence-electron chi connectivity index (χ4n) is 8.32. The highest BCUT2D eigenvalue weighted by atomic mass is 16.3. The lowest BCUT2D eigenvalue weighted by Gasteiger charge is -2.60. The van der Waals surface area contributed by atoms with E-state index in [1.807, 2.05) is 13.8 Å². The van der Waals surface area contributed by atoms with Crippen molar-refractivity contribution < 1.29 is 35.4 Å². The molecule has 0 aromatic carbocycles. The minimum Gasteiger partial charge on any atom is -0.390 e. The summed E-state index contributed by atoms with van der Waals surface area (Å²) in [5.41, 5.74) is -4.27. The van der Waals surface area contributed by atoms with Crippen molar-refractivity contribution in [1.82, 2.24) is 0 Å². The van der Waals surface area contributed by atoms with Crippen LogP contribution in [-0.2, 0) is 4.79 Å². The minimum absolute atomic E-state index is 0.0840. The monoisotopic (exact) mass is 480 g/mol. The van der Waals surface area contributed by atoms with Crippen molar-refractivity contribution in [2.45, 2.75) is 121 Å². The third-order valence-electron chi connectivity index (χ3n) is 10.5. The summed E-state index contributed by atoms with van der Waals surface area (Å²) in [6.07, 6.45) is 2.11. The molecule has 10 atom stereocenters. The maximum atomic E-state index is 13.2. The van der Waals surface area contributed by atoms with Crippen molar-refractivity contribution in [3.05, 3.63) is 11.6 Å². The quantitative estimate of drug-likeness (QED) is 0.353. The molecule has 0 bridgehead atoms. The molecule has 0 spiro atoms. The fraction of sp³-hybridized carbons (Fsp3) is 0.889. The van der Waals surface area contributed by atoms with E-state index in [-0.39, 0.29) is 36.4 Å². The Morgan fingerprint density at radius 3 is 2.32 bits per heavy atom. The summed E-state index contributed by atoms with van der Waals surface area (Å²) in [4.78, 5) is 13.2. The molecule has 0 aromatic rings. The molecule has 194 valence electrons. The number of hydrogen-bond donors (Lipinski definition) is 6. The van der Waals surface area contributed by atoms with Crippen molar-refractivity contribution in [3.63, 3.8) is 0 Å². The minimum atomic E-state index is -1.46. The summed E-state index contributed by atoms with van der Waals surface area (Å²) >= 11 is 0. The number of aliphatic hydroxyl groups is 6. The van der Waals surface area contributed by atoms with E-state index in [2.05, 4.69) is 0 Å². The Kier molecular flexibility index (Phi) is 6.24. The van der Waals surface area contributed by atoms with Crippen molar-refractivity contribution in [2.75, 3.05) is 0 Å². The predicted octanol–water partition coefficient (Wildman–Crippen LogP) is 1.85. The average Bonchev–Trinajstić information content (AvgIpc) is 3.00. The first-order chi connectivity index (χ1) is 15.5. The zero-order valence-electron chi connectivity index (χ0n) is 21.3. The van der Waals surface area contributed by atoms with E-state index >= 15 is 0 Å². The van der Waals surface area contributed by atoms with E-state index in [9.17, 15) is 35.4 Å². The van der Waals surface area contributed by atoms with E-state index in [0.29, 0.717) is 44.1 Å². The van der Waals surface area contributed by atoms with Gasteiger partial charge in [-0.25, -0.2) is 0 Å². The molecule has 7 nitrogen and oxygen atoms in total. The van der Waals surface area contributed by atoms with Crippen LogP contribution in [0.4, 0.5) is 0 Å². The lowest BCUT2D eigenvalue weighted by atomic mass is 9.45. The van der Waals surface area contributed by atoms with Gasteiger partial charge in [0, 0.05) is 11.3 Å². The number of ketones is 1. The Morgan fingerprint density at radius 2 is 1.71 bits per heavy atom. The van der Waals surface area contributed by atoms with E-state index in [0.717, 1.165) is 0 Å². The van der Waals surface area contributed by atoms with Gasteiger partial charge in [-0.2, -0.15) is 0 Å². The molecule has 4 aliphatic rings. The lowest BCUT2D eigenvalue weighted by molar-refractivity contribution is -0.177. The highest BCUT2D eigenvalue weighted by Crippen LogP contribution is 2.68. The summed E-state index contributed by atoms with van der Waals surface area (Å²) in [6, 6.07) is 0. The number of hydrogen-bond acceptors (Lipinski definition) is 7. The van der Waals surface area contributed by atoms with Crippen LogP contribution in [0.25, 0.3) is 0 Å². The normalized spacial score (nSPS) is 47.2. The smallest absolute Gasteiger partial charge is 0.159 e. The molecule has 0 aromatic heterocycles. The summed E-state index contributed by atoms with van der Waals surface area (Å²) in [7, 11) is 0. The highest BCUT2D eigenvalue weighted by molar-refractivity contribution is 5.95. The molecule has 3 saturated carbocycles. The number of rotatable bonds is 5. The van der Waals surface area contributed by atoms with Crippen LogP contribution < -0.4 is 0 Å². The number of allylic oxidation sites excluding steroid dienone is 1. The van der Waals surface area contributed by atoms with Gasteiger partial charge in [0.2, 0.25) is 0 Å². The van der Waals surface area contributed by atoms with Crippen LogP contribution in [0.3, 0.4) is 0 Å². The Bertz CT molecular complexity index is 860. The highest BCUT2D eigenvalue weighted by Gasteiger charge is 2.69. The molecule has 0 aliphatic heterocycles. The van der Waals surface area contributed by atoms with Crippen LogP contribution in [0, 0.1) is 28.6 Å². The van der Waals surface area contributed by atoms with Gasteiger partial charge in [0.25, 0.3) is 0 Å². The molecule has 3 fully saturated rings. The topological polar surface area (TPSA) is 138 Å². The second-order valence-electron chi connectivity index (χ2n) is 13.2. The van der Waals surface area contributed by atoms with Gasteiger partial charge in [-0.05, 0) is 101 Å². The molecule has 0 radical (unpaired) electrons. The van der Waals surface area contributed by atoms with Gasteiger partial charge >= 0.3 is 0 Å². The maximum absolute atomic E-state index is 13.2. The number of carbonyl (C=O) groups is 1. The maximum Gasteiger partial charge on any atom is 0.159 e. The molecule has 4 unspecified atom stereocenters. The van der Waals surface area contributed by atoms with Gasteiger partial charge in [-0.3, -0.25) is 4.79 Å². The third kappa shape index (κ3) is 3.73. The number of aliphatic hydroxyl groups excluding tert-OH is 3. The van der Waals surface area contributed by atoms with E-state index < -0.39 is 45.9 Å². The summed E-state index contributed by atoms with van der Waals surface area (Å²) < 4.78 is 0. The van der Waals surface area contributed by atoms with Crippen LogP contribution in [0.2, 0.25) is 0 Å². The first kappa shape index (κ1) is 26.2. The molecule has 0 amide bonds. The van der Waals surface area contributed by atoms with Gasteiger partial charge in [0.1, 0.15) is 0 Å². The van der Waals surface area contributed by atoms with E-state index in [1.54, 1.807) is 26.8 Å². The Morgan fingerprint density at radius 1 is 1.06 bits per heavy atom. The first-order valence-corrected chi connectivity index (χ1v) is 12.9. The molecule has 34 heavy (non-hydrogen) atoms. The van der Waals surface area contributed by atoms with E-state index in [1.165, 1.54) is 0 Å². The van der Waals surface area contributed by atoms with Gasteiger partial charge in [-0.15, -0.1) is 0 Å². The lowest BCUT2D eigenvalue weighted by Crippen LogP contribution is -2.62. The molecule has 6 N–H and O–H groups in total. The fourth-order valence-corrected chi connectivity index (χ4v) is 8.32. The molecular formula is C27H44O7. The van der Waals surface area contributed by atoms with Crippen LogP contribution in [0.15, 0.2) is 11.6 Å². The van der Waals surface area contributed by atoms with Crippen molar-refractivity contribution in [3.8, 4) is 0 Å². The third-order valence-corrected chi connectivity index (χ3v) is 10.5. The van der Waals surface area contributed by atoms with E-state index in [4.69, 9.17) is 0 Å². The van der Waals surface area contributed by atoms with Crippen LogP contribution in [-0.4, -0.2) is 71.5 Å². The number of carbonyl (C=O) groups excluding carboxylic acids is 1. The molecule has 7 heteroatoms. The van der Waals surface area contributed by atoms with Gasteiger partial charge in [-0.1, -0.05) is 13.8 Å². The van der Waals surface area contributed by atoms with Gasteiger partial charge in [0.05, 0.1) is 35.1 Å². The standard InChI is InChI=1S/C27H44O7/c1-23(2,32)9-8-22(31)26(5,33)21-7-11-27(34)16-12-18(28)17-13-19(29)20(30)14-24(17,3)15(16)6-10-25(21,27)4/h12,15,17,19-22,29-34H,6-11,13-14H2,1-5H3/t15?,17-,19+,20-,21?,22?,24+,25+,26+,27?/m0/s1. The Labute approximate surface area is 202 Å². The largest absolute Gasteiger partial charge is 0.390 e. The summed E-state index contributed by atoms with van der Waals surface area (Å²) in [5, 5.41) is 65.5. The SMILES string of the molecule is CC(C)(O)CCC(O)[C@](C)(O)C1CCC2(O)C3=CC(=O)[C@@H]4C[C@@H](O)[C@@H](O)C[C@]4(C)C3CC[C@]12C. The molecule has 4 rings (SSSR count). The van der Waals surface area contributed by atoms with Crippen molar-refractivity contribution in [2.24, 2.45) is 28.6 Å². The summed E-state index contributed by atoms with van der Waals surface area (Å²) in [6.45, 7) is 8.96. The van der Waals surface area contributed by atoms with Crippen LogP contribution in [0.1, 0.15) is 86.0 Å². The van der Waals surface area contributed by atoms with Crippen molar-refractivity contribution >= 4 is 5.78 Å². The molecule has 4 aliphatic carbocycles. The Hall–Kier alpha value is -0.830. The molecular weight excluding hydrogens is 436 g/mol. The first-order valence-electron chi connectivity index (χ1n) is 12.9.